The molecule has 2 rings (SSSR count). The fourth-order valence-corrected chi connectivity index (χ4v) is 2.91. The number of Topliss-reactive ketones (excluding diaryl/α,β-unsaturated/α-hetero) is 1. The summed E-state index contributed by atoms with van der Waals surface area (Å²) in [5.41, 5.74) is 0.989. The molecule has 114 valence electrons. The summed E-state index contributed by atoms with van der Waals surface area (Å²) in [5, 5.41) is 19.2. The Morgan fingerprint density at radius 2 is 1.52 bits per heavy atom. The van der Waals surface area contributed by atoms with Crippen LogP contribution in [0.1, 0.15) is 28.3 Å². The molecule has 0 N–H and O–H groups in total. The topological polar surface area (TPSA) is 64.7 Å². The molecule has 0 aromatic heterocycles. The van der Waals surface area contributed by atoms with Crippen molar-refractivity contribution >= 4 is 29.0 Å². The maximum atomic E-state index is 12.6. The molecule has 3 nitrogen and oxygen atoms in total. The monoisotopic (exact) mass is 342 g/mol. The smallest absolute Gasteiger partial charge is 0.165 e. The first-order chi connectivity index (χ1) is 11.1. The van der Waals surface area contributed by atoms with Crippen molar-refractivity contribution in [1.29, 1.82) is 10.5 Å². The predicted molar refractivity (Wildman–Crippen MR) is 89.3 cm³/mol. The normalized spacial score (nSPS) is 11.5. The number of halogens is 2. The van der Waals surface area contributed by atoms with Crippen LogP contribution in [0.2, 0.25) is 10.0 Å². The number of rotatable bonds is 5. The Morgan fingerprint density at radius 1 is 0.957 bits per heavy atom. The largest absolute Gasteiger partial charge is 0.294 e. The van der Waals surface area contributed by atoms with Gasteiger partial charge in [-0.15, -0.1) is 0 Å². The minimum absolute atomic E-state index is 0.0146. The molecule has 0 bridgehead atoms. The Hall–Kier alpha value is -2.33. The highest BCUT2D eigenvalue weighted by Gasteiger charge is 2.28. The molecule has 0 amide bonds. The lowest BCUT2D eigenvalue weighted by molar-refractivity contribution is 0.0971. The first kappa shape index (κ1) is 17.0. The summed E-state index contributed by atoms with van der Waals surface area (Å²) < 4.78 is 0. The first-order valence-electron chi connectivity index (χ1n) is 6.90. The van der Waals surface area contributed by atoms with Crippen molar-refractivity contribution in [3.63, 3.8) is 0 Å². The van der Waals surface area contributed by atoms with Crippen molar-refractivity contribution in [2.75, 3.05) is 0 Å². The quantitative estimate of drug-likeness (QED) is 0.717. The standard InChI is InChI=1S/C18H12Cl2N2O/c19-16-7-3-1-5-13(16)15(12(10-21)11-22)9-18(23)14-6-2-4-8-17(14)20/h1-8,12,15H,9H2/t15-/m1/s1. The van der Waals surface area contributed by atoms with Crippen LogP contribution in [-0.4, -0.2) is 5.78 Å². The van der Waals surface area contributed by atoms with Crippen LogP contribution in [0.15, 0.2) is 48.5 Å². The zero-order chi connectivity index (χ0) is 16.8. The number of benzene rings is 2. The van der Waals surface area contributed by atoms with Crippen molar-refractivity contribution in [3.05, 3.63) is 69.7 Å². The highest BCUT2D eigenvalue weighted by Crippen LogP contribution is 2.34. The lowest BCUT2D eigenvalue weighted by Crippen LogP contribution is -2.15. The van der Waals surface area contributed by atoms with Gasteiger partial charge in [0.25, 0.3) is 0 Å². The molecule has 1 atom stereocenters. The Balaban J connectivity index is 2.39. The molecule has 0 saturated heterocycles. The van der Waals surface area contributed by atoms with Gasteiger partial charge in [-0.1, -0.05) is 53.5 Å². The number of nitrogens with zero attached hydrogens (tertiary/aromatic N) is 2. The molecule has 2 aromatic carbocycles. The zero-order valence-corrected chi connectivity index (χ0v) is 13.6. The third-order valence-corrected chi connectivity index (χ3v) is 4.24. The van der Waals surface area contributed by atoms with Crippen LogP contribution in [0.5, 0.6) is 0 Å². The van der Waals surface area contributed by atoms with E-state index in [0.29, 0.717) is 21.2 Å². The average molecular weight is 343 g/mol. The van der Waals surface area contributed by atoms with Crippen LogP contribution in [0.3, 0.4) is 0 Å². The molecule has 2 aromatic rings. The summed E-state index contributed by atoms with van der Waals surface area (Å²) >= 11 is 12.2. The summed E-state index contributed by atoms with van der Waals surface area (Å²) in [4.78, 5) is 12.6. The van der Waals surface area contributed by atoms with Gasteiger partial charge in [-0.05, 0) is 23.8 Å². The number of carbonyl (C=O) groups is 1. The van der Waals surface area contributed by atoms with E-state index in [4.69, 9.17) is 23.2 Å². The van der Waals surface area contributed by atoms with Crippen molar-refractivity contribution < 1.29 is 4.79 Å². The first-order valence-corrected chi connectivity index (χ1v) is 7.65. The Morgan fingerprint density at radius 3 is 2.09 bits per heavy atom. The summed E-state index contributed by atoms with van der Waals surface area (Å²) in [6.07, 6.45) is -0.0146. The molecule has 5 heteroatoms. The van der Waals surface area contributed by atoms with Crippen LogP contribution < -0.4 is 0 Å². The molecule has 0 aliphatic rings. The van der Waals surface area contributed by atoms with Gasteiger partial charge in [0.1, 0.15) is 5.92 Å². The van der Waals surface area contributed by atoms with Gasteiger partial charge in [0, 0.05) is 22.9 Å². The van der Waals surface area contributed by atoms with E-state index in [1.54, 1.807) is 48.5 Å². The van der Waals surface area contributed by atoms with Gasteiger partial charge >= 0.3 is 0 Å². The van der Waals surface area contributed by atoms with E-state index in [9.17, 15) is 15.3 Å². The molecular weight excluding hydrogens is 331 g/mol. The van der Waals surface area contributed by atoms with Crippen molar-refractivity contribution in [3.8, 4) is 12.1 Å². The Kier molecular flexibility index (Phi) is 5.77. The lowest BCUT2D eigenvalue weighted by Gasteiger charge is -2.18. The molecule has 0 aliphatic heterocycles. The Bertz CT molecular complexity index is 791. The Labute approximate surface area is 144 Å². The third kappa shape index (κ3) is 3.90. The molecule has 0 fully saturated rings. The van der Waals surface area contributed by atoms with Crippen LogP contribution >= 0.6 is 23.2 Å². The summed E-state index contributed by atoms with van der Waals surface area (Å²) in [5.74, 6) is -1.81. The number of hydrogen-bond donors (Lipinski definition) is 0. The summed E-state index contributed by atoms with van der Waals surface area (Å²) in [6, 6.07) is 17.5. The van der Waals surface area contributed by atoms with E-state index in [1.165, 1.54) is 0 Å². The van der Waals surface area contributed by atoms with Crippen molar-refractivity contribution in [2.45, 2.75) is 12.3 Å². The maximum Gasteiger partial charge on any atom is 0.165 e. The number of ketones is 1. The molecule has 0 unspecified atom stereocenters. The fraction of sp³-hybridized carbons (Fsp3) is 0.167. The molecule has 0 aliphatic carbocycles. The fourth-order valence-electron chi connectivity index (χ4n) is 2.39. The molecule has 23 heavy (non-hydrogen) atoms. The summed E-state index contributed by atoms with van der Waals surface area (Å²) in [6.45, 7) is 0. The molecular formula is C18H12Cl2N2O. The van der Waals surface area contributed by atoms with E-state index in [1.807, 2.05) is 12.1 Å². The van der Waals surface area contributed by atoms with Gasteiger partial charge in [-0.3, -0.25) is 4.79 Å². The number of hydrogen-bond acceptors (Lipinski definition) is 3. The van der Waals surface area contributed by atoms with E-state index >= 15 is 0 Å². The van der Waals surface area contributed by atoms with Crippen LogP contribution in [0.25, 0.3) is 0 Å². The van der Waals surface area contributed by atoms with Crippen LogP contribution in [0.4, 0.5) is 0 Å². The van der Waals surface area contributed by atoms with E-state index in [0.717, 1.165) is 0 Å². The van der Waals surface area contributed by atoms with Crippen LogP contribution in [0, 0.1) is 28.6 Å². The molecule has 0 saturated carbocycles. The number of nitriles is 2. The highest BCUT2D eigenvalue weighted by molar-refractivity contribution is 6.34. The second-order valence-corrected chi connectivity index (χ2v) is 5.79. The lowest BCUT2D eigenvalue weighted by atomic mass is 9.82. The predicted octanol–water partition coefficient (Wildman–Crippen LogP) is 5.01. The number of carbonyl (C=O) groups excluding carboxylic acids is 1. The van der Waals surface area contributed by atoms with E-state index in [2.05, 4.69) is 0 Å². The van der Waals surface area contributed by atoms with Gasteiger partial charge < -0.3 is 0 Å². The summed E-state index contributed by atoms with van der Waals surface area (Å²) in [7, 11) is 0. The van der Waals surface area contributed by atoms with Crippen LogP contribution in [-0.2, 0) is 0 Å². The van der Waals surface area contributed by atoms with E-state index < -0.39 is 11.8 Å². The molecule has 0 spiro atoms. The van der Waals surface area contributed by atoms with Gasteiger partial charge in [0.2, 0.25) is 0 Å². The second-order valence-electron chi connectivity index (χ2n) is 4.97. The average Bonchev–Trinajstić information content (AvgIpc) is 2.56. The highest BCUT2D eigenvalue weighted by atomic mass is 35.5. The van der Waals surface area contributed by atoms with Crippen molar-refractivity contribution in [2.24, 2.45) is 5.92 Å². The van der Waals surface area contributed by atoms with Gasteiger partial charge in [-0.25, -0.2) is 0 Å². The van der Waals surface area contributed by atoms with Crippen molar-refractivity contribution in [1.82, 2.24) is 0 Å². The zero-order valence-electron chi connectivity index (χ0n) is 12.0. The second kappa shape index (κ2) is 7.79. The SMILES string of the molecule is N#CC(C#N)[C@@H](CC(=O)c1ccccc1Cl)c1ccccc1Cl. The maximum absolute atomic E-state index is 12.6. The molecule has 0 heterocycles. The molecule has 0 radical (unpaired) electrons. The van der Waals surface area contributed by atoms with Gasteiger partial charge in [0.15, 0.2) is 5.78 Å². The van der Waals surface area contributed by atoms with E-state index in [-0.39, 0.29) is 12.2 Å². The third-order valence-electron chi connectivity index (χ3n) is 3.56. The van der Waals surface area contributed by atoms with Gasteiger partial charge in [0.05, 0.1) is 17.2 Å². The minimum atomic E-state index is -0.971. The van der Waals surface area contributed by atoms with Gasteiger partial charge in [-0.2, -0.15) is 10.5 Å². The minimum Gasteiger partial charge on any atom is -0.294 e.